The summed E-state index contributed by atoms with van der Waals surface area (Å²) in [7, 11) is 0. The third-order valence-corrected chi connectivity index (χ3v) is 7.13. The Morgan fingerprint density at radius 1 is 0.585 bits per heavy atom. The molecule has 41 heavy (non-hydrogen) atoms. The smallest absolute Gasteiger partial charge is 0.0196 e. The Balaban J connectivity index is 0.000000185. The van der Waals surface area contributed by atoms with Gasteiger partial charge in [0, 0.05) is 32.5 Å². The van der Waals surface area contributed by atoms with Crippen LogP contribution in [0.25, 0.3) is 33.6 Å². The van der Waals surface area contributed by atoms with Gasteiger partial charge in [0.05, 0.1) is 0 Å². The number of benzene rings is 4. The van der Waals surface area contributed by atoms with E-state index in [9.17, 15) is 0 Å². The molecule has 0 aliphatic carbocycles. The molecule has 2 nitrogen and oxygen atoms in total. The van der Waals surface area contributed by atoms with Crippen molar-refractivity contribution < 1.29 is 20.1 Å². The number of pyridine rings is 2. The molecule has 0 atom stereocenters. The van der Waals surface area contributed by atoms with E-state index in [4.69, 9.17) is 0 Å². The molecule has 0 fully saturated rings. The van der Waals surface area contributed by atoms with Crippen molar-refractivity contribution in [3.8, 4) is 33.6 Å². The van der Waals surface area contributed by atoms with E-state index >= 15 is 0 Å². The Hall–Kier alpha value is -4.17. The van der Waals surface area contributed by atoms with Crippen molar-refractivity contribution in [1.29, 1.82) is 0 Å². The second-order valence-electron chi connectivity index (χ2n) is 10.2. The van der Waals surface area contributed by atoms with Crippen LogP contribution in [-0.2, 0) is 25.5 Å². The van der Waals surface area contributed by atoms with Gasteiger partial charge in [-0.05, 0) is 52.0 Å². The number of aromatic nitrogens is 2. The summed E-state index contributed by atoms with van der Waals surface area (Å²) in [5.74, 6) is 0. The van der Waals surface area contributed by atoms with Crippen LogP contribution in [0, 0.1) is 19.1 Å². The van der Waals surface area contributed by atoms with E-state index in [0.717, 1.165) is 22.5 Å². The maximum absolute atomic E-state index is 4.50. The van der Waals surface area contributed by atoms with Gasteiger partial charge < -0.3 is 9.97 Å². The van der Waals surface area contributed by atoms with E-state index in [1.807, 2.05) is 67.0 Å². The third kappa shape index (κ3) is 7.32. The fourth-order valence-corrected chi connectivity index (χ4v) is 4.70. The zero-order valence-corrected chi connectivity index (χ0v) is 25.9. The van der Waals surface area contributed by atoms with E-state index in [1.54, 1.807) is 0 Å². The molecule has 0 bridgehead atoms. The predicted octanol–water partition coefficient (Wildman–Crippen LogP) is 9.40. The van der Waals surface area contributed by atoms with Crippen molar-refractivity contribution in [3.63, 3.8) is 0 Å². The maximum atomic E-state index is 4.50. The molecule has 4 aromatic carbocycles. The van der Waals surface area contributed by atoms with Crippen molar-refractivity contribution in [2.45, 2.75) is 26.2 Å². The van der Waals surface area contributed by atoms with Crippen molar-refractivity contribution in [2.24, 2.45) is 0 Å². The van der Waals surface area contributed by atoms with E-state index in [1.165, 1.54) is 27.8 Å². The first-order valence-corrected chi connectivity index (χ1v) is 13.5. The quantitative estimate of drug-likeness (QED) is 0.167. The predicted molar refractivity (Wildman–Crippen MR) is 166 cm³/mol. The van der Waals surface area contributed by atoms with Gasteiger partial charge in [-0.25, -0.2) is 0 Å². The minimum absolute atomic E-state index is 0. The van der Waals surface area contributed by atoms with Crippen LogP contribution in [0.5, 0.6) is 0 Å². The molecule has 0 unspecified atom stereocenters. The molecule has 0 saturated carbocycles. The molecule has 2 aromatic heterocycles. The maximum Gasteiger partial charge on any atom is 0.0196 e. The molecule has 1 radical (unpaired) electrons. The van der Waals surface area contributed by atoms with E-state index in [-0.39, 0.29) is 25.5 Å². The molecule has 0 spiro atoms. The van der Waals surface area contributed by atoms with Crippen LogP contribution in [0.3, 0.4) is 0 Å². The normalized spacial score (nSPS) is 10.6. The molecule has 2 heterocycles. The fraction of sp³-hybridized carbons (Fsp3) is 0.105. The summed E-state index contributed by atoms with van der Waals surface area (Å²) in [5, 5.41) is 0. The summed E-state index contributed by atoms with van der Waals surface area (Å²) in [4.78, 5) is 8.92. The first-order chi connectivity index (χ1) is 19.5. The molecule has 0 N–H and O–H groups in total. The summed E-state index contributed by atoms with van der Waals surface area (Å²) < 4.78 is 0. The Bertz CT molecular complexity index is 1650. The van der Waals surface area contributed by atoms with Gasteiger partial charge in [-0.15, -0.1) is 71.3 Å². The van der Waals surface area contributed by atoms with Crippen molar-refractivity contribution in [3.05, 3.63) is 169 Å². The van der Waals surface area contributed by atoms with Gasteiger partial charge in [-0.2, -0.15) is 0 Å². The van der Waals surface area contributed by atoms with Gasteiger partial charge in [-0.3, -0.25) is 0 Å². The average Bonchev–Trinajstić information content (AvgIpc) is 3.03. The number of nitrogens with zero attached hydrogens (tertiary/aromatic N) is 2. The molecular weight excluding hydrogens is 677 g/mol. The van der Waals surface area contributed by atoms with Crippen molar-refractivity contribution in [1.82, 2.24) is 9.97 Å². The Morgan fingerprint density at radius 3 is 1.95 bits per heavy atom. The van der Waals surface area contributed by atoms with E-state index < -0.39 is 0 Å². The van der Waals surface area contributed by atoms with Crippen LogP contribution in [0.4, 0.5) is 0 Å². The molecule has 0 aliphatic rings. The fourth-order valence-electron chi connectivity index (χ4n) is 4.70. The van der Waals surface area contributed by atoms with Gasteiger partial charge in [0.25, 0.3) is 0 Å². The summed E-state index contributed by atoms with van der Waals surface area (Å²) in [6.45, 7) is 6.59. The standard InChI is InChI=1S/C20H18N.C18H14N.Ir/c1-20(2,17-10-4-3-5-11-17)18-12-8-9-16(15-18)19-13-6-7-14-21-19;1-14-13-19-18(16-10-6-3-7-11-16)12-17(14)15-8-4-2-5-9-15;/h3-8,10-15H,1-2H3;2-10,12-13H,1H3;/q2*-1;. The SMILES string of the molecule is CC(C)(c1ccccc1)c1cc[c-]c(-c2ccccn2)c1.Cc1cnc(-c2[c-]cccc2)cc1-c1ccccc1.[Ir]. The Morgan fingerprint density at radius 2 is 1.27 bits per heavy atom. The summed E-state index contributed by atoms with van der Waals surface area (Å²) in [5.41, 5.74) is 10.2. The van der Waals surface area contributed by atoms with E-state index in [0.29, 0.717) is 0 Å². The number of hydrogen-bond donors (Lipinski definition) is 0. The number of aryl methyl sites for hydroxylation is 1. The first-order valence-electron chi connectivity index (χ1n) is 13.5. The molecule has 6 aromatic rings. The topological polar surface area (TPSA) is 25.8 Å². The van der Waals surface area contributed by atoms with Gasteiger partial charge in [0.2, 0.25) is 0 Å². The average molecular weight is 709 g/mol. The zero-order valence-electron chi connectivity index (χ0n) is 23.5. The second kappa shape index (κ2) is 13.9. The van der Waals surface area contributed by atoms with Crippen LogP contribution in [-0.4, -0.2) is 9.97 Å². The van der Waals surface area contributed by atoms with Gasteiger partial charge in [0.15, 0.2) is 0 Å². The zero-order chi connectivity index (χ0) is 27.8. The minimum Gasteiger partial charge on any atom is -0.305 e. The van der Waals surface area contributed by atoms with Crippen LogP contribution in [0.1, 0.15) is 30.5 Å². The molecule has 205 valence electrons. The summed E-state index contributed by atoms with van der Waals surface area (Å²) in [6.07, 6.45) is 3.75. The molecule has 6 rings (SSSR count). The first kappa shape index (κ1) is 29.8. The third-order valence-electron chi connectivity index (χ3n) is 7.13. The van der Waals surface area contributed by atoms with Crippen LogP contribution in [0.2, 0.25) is 0 Å². The Labute approximate surface area is 257 Å². The van der Waals surface area contributed by atoms with Crippen molar-refractivity contribution in [2.75, 3.05) is 0 Å². The van der Waals surface area contributed by atoms with Gasteiger partial charge in [-0.1, -0.05) is 92.7 Å². The monoisotopic (exact) mass is 709 g/mol. The number of rotatable bonds is 5. The van der Waals surface area contributed by atoms with Crippen LogP contribution in [0.15, 0.2) is 140 Å². The van der Waals surface area contributed by atoms with Gasteiger partial charge in [0.1, 0.15) is 0 Å². The molecule has 0 aliphatic heterocycles. The second-order valence-corrected chi connectivity index (χ2v) is 10.2. The molecule has 3 heteroatoms. The largest absolute Gasteiger partial charge is 0.305 e. The van der Waals surface area contributed by atoms with Gasteiger partial charge >= 0.3 is 0 Å². The Kier molecular flexibility index (Phi) is 10.1. The summed E-state index contributed by atoms with van der Waals surface area (Å²) >= 11 is 0. The van der Waals surface area contributed by atoms with E-state index in [2.05, 4.69) is 116 Å². The molecule has 0 saturated heterocycles. The molecular formula is C38H32IrN2-2. The number of hydrogen-bond acceptors (Lipinski definition) is 2. The minimum atomic E-state index is -0.0418. The van der Waals surface area contributed by atoms with Crippen molar-refractivity contribution >= 4 is 0 Å². The van der Waals surface area contributed by atoms with Crippen LogP contribution >= 0.6 is 0 Å². The van der Waals surface area contributed by atoms with Crippen LogP contribution < -0.4 is 0 Å². The molecule has 0 amide bonds. The summed E-state index contributed by atoms with van der Waals surface area (Å²) in [6, 6.07) is 49.8.